The smallest absolute Gasteiger partial charge is 0.305 e. The number of hydrogen-bond acceptors (Lipinski definition) is 3. The first-order chi connectivity index (χ1) is 9.43. The molecule has 1 aliphatic heterocycles. The van der Waals surface area contributed by atoms with Crippen LogP contribution in [-0.2, 0) is 14.4 Å². The highest BCUT2D eigenvalue weighted by Gasteiger charge is 2.28. The van der Waals surface area contributed by atoms with Crippen LogP contribution >= 0.6 is 0 Å². The molecule has 0 spiro atoms. The zero-order chi connectivity index (χ0) is 15.1. The van der Waals surface area contributed by atoms with Gasteiger partial charge < -0.3 is 15.3 Å². The molecule has 2 amide bonds. The van der Waals surface area contributed by atoms with Crippen molar-refractivity contribution in [3.63, 3.8) is 0 Å². The predicted octanol–water partition coefficient (Wildman–Crippen LogP) is 1.00. The van der Waals surface area contributed by atoms with Crippen LogP contribution in [0.4, 0.5) is 0 Å². The monoisotopic (exact) mass is 284 g/mol. The number of carboxylic acid groups (broad SMARTS) is 1. The minimum absolute atomic E-state index is 0.0864. The van der Waals surface area contributed by atoms with E-state index in [-0.39, 0.29) is 30.2 Å². The third kappa shape index (κ3) is 5.19. The Balaban J connectivity index is 2.47. The Morgan fingerprint density at radius 2 is 2.10 bits per heavy atom. The van der Waals surface area contributed by atoms with Gasteiger partial charge in [0.25, 0.3) is 0 Å². The van der Waals surface area contributed by atoms with Gasteiger partial charge in [-0.05, 0) is 26.2 Å². The molecule has 1 saturated heterocycles. The van der Waals surface area contributed by atoms with E-state index in [1.807, 2.05) is 6.92 Å². The lowest BCUT2D eigenvalue weighted by Crippen LogP contribution is -2.47. The van der Waals surface area contributed by atoms with Gasteiger partial charge in [-0.2, -0.15) is 0 Å². The van der Waals surface area contributed by atoms with Crippen molar-refractivity contribution in [2.45, 2.75) is 52.0 Å². The predicted molar refractivity (Wildman–Crippen MR) is 74.1 cm³/mol. The third-order valence-electron chi connectivity index (χ3n) is 3.48. The Morgan fingerprint density at radius 1 is 1.40 bits per heavy atom. The number of amides is 2. The zero-order valence-corrected chi connectivity index (χ0v) is 12.2. The summed E-state index contributed by atoms with van der Waals surface area (Å²) in [6.07, 6.45) is 2.81. The van der Waals surface area contributed by atoms with Crippen molar-refractivity contribution >= 4 is 17.8 Å². The summed E-state index contributed by atoms with van der Waals surface area (Å²) in [6.45, 7) is 4.80. The number of likely N-dealkylation sites (tertiary alicyclic amines) is 1. The van der Waals surface area contributed by atoms with E-state index >= 15 is 0 Å². The first-order valence-corrected chi connectivity index (χ1v) is 7.24. The molecule has 6 nitrogen and oxygen atoms in total. The van der Waals surface area contributed by atoms with E-state index < -0.39 is 5.97 Å². The molecule has 2 atom stereocenters. The molecule has 0 radical (unpaired) electrons. The van der Waals surface area contributed by atoms with Crippen LogP contribution in [-0.4, -0.2) is 46.9 Å². The SMILES string of the molecule is CCCC(=O)N1CCCC(C(=O)NC(C)CC(=O)O)C1. The molecule has 1 rings (SSSR count). The standard InChI is InChI=1S/C14H24N2O4/c1-3-5-12(17)16-7-4-6-11(9-16)14(20)15-10(2)8-13(18)19/h10-11H,3-9H2,1-2H3,(H,15,20)(H,18,19). The number of piperidine rings is 1. The van der Waals surface area contributed by atoms with Crippen LogP contribution < -0.4 is 5.32 Å². The van der Waals surface area contributed by atoms with Crippen LogP contribution in [0.5, 0.6) is 0 Å². The number of nitrogens with one attached hydrogen (secondary N) is 1. The average Bonchev–Trinajstić information content (AvgIpc) is 2.38. The zero-order valence-electron chi connectivity index (χ0n) is 12.2. The van der Waals surface area contributed by atoms with Gasteiger partial charge in [0.1, 0.15) is 0 Å². The maximum absolute atomic E-state index is 12.1. The Bertz CT molecular complexity index is 370. The maximum Gasteiger partial charge on any atom is 0.305 e. The molecular weight excluding hydrogens is 260 g/mol. The van der Waals surface area contributed by atoms with Crippen LogP contribution in [0.1, 0.15) is 46.0 Å². The number of nitrogens with zero attached hydrogens (tertiary/aromatic N) is 1. The van der Waals surface area contributed by atoms with Crippen molar-refractivity contribution < 1.29 is 19.5 Å². The second-order valence-electron chi connectivity index (χ2n) is 5.44. The highest BCUT2D eigenvalue weighted by molar-refractivity contribution is 5.82. The van der Waals surface area contributed by atoms with Crippen molar-refractivity contribution in [2.24, 2.45) is 5.92 Å². The van der Waals surface area contributed by atoms with Crippen LogP contribution in [0, 0.1) is 5.92 Å². The van der Waals surface area contributed by atoms with E-state index in [2.05, 4.69) is 5.32 Å². The molecule has 20 heavy (non-hydrogen) atoms. The molecular formula is C14H24N2O4. The van der Waals surface area contributed by atoms with Crippen molar-refractivity contribution in [1.29, 1.82) is 0 Å². The van der Waals surface area contributed by atoms with Crippen molar-refractivity contribution in [3.8, 4) is 0 Å². The Hall–Kier alpha value is -1.59. The summed E-state index contributed by atoms with van der Waals surface area (Å²) in [5, 5.41) is 11.4. The van der Waals surface area contributed by atoms with Gasteiger partial charge >= 0.3 is 5.97 Å². The molecule has 114 valence electrons. The van der Waals surface area contributed by atoms with Gasteiger partial charge in [-0.25, -0.2) is 0 Å². The highest BCUT2D eigenvalue weighted by Crippen LogP contribution is 2.18. The second-order valence-corrected chi connectivity index (χ2v) is 5.44. The summed E-state index contributed by atoms with van der Waals surface area (Å²) in [5.74, 6) is -1.20. The number of carbonyl (C=O) groups is 3. The summed E-state index contributed by atoms with van der Waals surface area (Å²) >= 11 is 0. The van der Waals surface area contributed by atoms with Crippen LogP contribution in [0.15, 0.2) is 0 Å². The quantitative estimate of drug-likeness (QED) is 0.762. The molecule has 2 unspecified atom stereocenters. The molecule has 0 aromatic heterocycles. The first kappa shape index (κ1) is 16.5. The van der Waals surface area contributed by atoms with Gasteiger partial charge in [-0.3, -0.25) is 14.4 Å². The molecule has 6 heteroatoms. The van der Waals surface area contributed by atoms with Gasteiger partial charge in [0.2, 0.25) is 11.8 Å². The first-order valence-electron chi connectivity index (χ1n) is 7.24. The van der Waals surface area contributed by atoms with E-state index in [9.17, 15) is 14.4 Å². The fourth-order valence-electron chi connectivity index (χ4n) is 2.46. The molecule has 1 aliphatic rings. The van der Waals surface area contributed by atoms with E-state index in [1.165, 1.54) is 0 Å². The minimum Gasteiger partial charge on any atom is -0.481 e. The number of carboxylic acids is 1. The Kier molecular flexibility index (Phi) is 6.48. The van der Waals surface area contributed by atoms with Crippen molar-refractivity contribution in [2.75, 3.05) is 13.1 Å². The summed E-state index contributed by atoms with van der Waals surface area (Å²) in [4.78, 5) is 36.3. The summed E-state index contributed by atoms with van der Waals surface area (Å²) in [7, 11) is 0. The van der Waals surface area contributed by atoms with Gasteiger partial charge in [0, 0.05) is 25.6 Å². The fourth-order valence-corrected chi connectivity index (χ4v) is 2.46. The molecule has 1 heterocycles. The molecule has 2 N–H and O–H groups in total. The molecule has 0 bridgehead atoms. The Labute approximate surface area is 119 Å². The van der Waals surface area contributed by atoms with E-state index in [4.69, 9.17) is 5.11 Å². The molecule has 0 aromatic carbocycles. The minimum atomic E-state index is -0.929. The summed E-state index contributed by atoms with van der Waals surface area (Å²) in [5.41, 5.74) is 0. The second kappa shape index (κ2) is 7.87. The molecule has 0 saturated carbocycles. The van der Waals surface area contributed by atoms with Gasteiger partial charge in [-0.15, -0.1) is 0 Å². The lowest BCUT2D eigenvalue weighted by Gasteiger charge is -2.32. The van der Waals surface area contributed by atoms with Crippen molar-refractivity contribution in [3.05, 3.63) is 0 Å². The fraction of sp³-hybridized carbons (Fsp3) is 0.786. The molecule has 0 aromatic rings. The average molecular weight is 284 g/mol. The number of aliphatic carboxylic acids is 1. The Morgan fingerprint density at radius 3 is 2.70 bits per heavy atom. The van der Waals surface area contributed by atoms with E-state index in [0.29, 0.717) is 19.5 Å². The third-order valence-corrected chi connectivity index (χ3v) is 3.48. The number of hydrogen-bond donors (Lipinski definition) is 2. The lowest BCUT2D eigenvalue weighted by molar-refractivity contribution is -0.137. The normalized spacial score (nSPS) is 20.3. The number of rotatable bonds is 6. The van der Waals surface area contributed by atoms with E-state index in [1.54, 1.807) is 11.8 Å². The highest BCUT2D eigenvalue weighted by atomic mass is 16.4. The van der Waals surface area contributed by atoms with Crippen LogP contribution in [0.2, 0.25) is 0 Å². The largest absolute Gasteiger partial charge is 0.481 e. The van der Waals surface area contributed by atoms with Crippen molar-refractivity contribution in [1.82, 2.24) is 10.2 Å². The number of carbonyl (C=O) groups excluding carboxylic acids is 2. The van der Waals surface area contributed by atoms with Crippen LogP contribution in [0.25, 0.3) is 0 Å². The van der Waals surface area contributed by atoms with Gasteiger partial charge in [0.15, 0.2) is 0 Å². The topological polar surface area (TPSA) is 86.7 Å². The maximum atomic E-state index is 12.1. The van der Waals surface area contributed by atoms with Gasteiger partial charge in [-0.1, -0.05) is 6.92 Å². The summed E-state index contributed by atoms with van der Waals surface area (Å²) < 4.78 is 0. The molecule has 1 fully saturated rings. The van der Waals surface area contributed by atoms with Gasteiger partial charge in [0.05, 0.1) is 12.3 Å². The lowest BCUT2D eigenvalue weighted by atomic mass is 9.96. The van der Waals surface area contributed by atoms with E-state index in [0.717, 1.165) is 19.3 Å². The summed E-state index contributed by atoms with van der Waals surface area (Å²) in [6, 6.07) is -0.387. The molecule has 0 aliphatic carbocycles. The van der Waals surface area contributed by atoms with Crippen LogP contribution in [0.3, 0.4) is 0 Å².